The molecule has 1 fully saturated rings. The van der Waals surface area contributed by atoms with Crippen molar-refractivity contribution < 1.29 is 9.32 Å². The molecular weight excluding hydrogens is 244 g/mol. The summed E-state index contributed by atoms with van der Waals surface area (Å²) in [5.41, 5.74) is 1.80. The minimum absolute atomic E-state index is 0.0895. The molecule has 3 rings (SSSR count). The summed E-state index contributed by atoms with van der Waals surface area (Å²) in [5, 5.41) is 7.95. The number of likely N-dealkylation sites (tertiary alicyclic amines) is 1. The second-order valence-corrected chi connectivity index (χ2v) is 4.94. The van der Waals surface area contributed by atoms with Crippen LogP contribution in [0, 0.1) is 6.92 Å². The lowest BCUT2D eigenvalue weighted by Gasteiger charge is -2.22. The predicted molar refractivity (Wildman–Crippen MR) is 67.5 cm³/mol. The molecule has 1 saturated heterocycles. The molecule has 0 N–H and O–H groups in total. The fourth-order valence-electron chi connectivity index (χ4n) is 2.57. The first-order chi connectivity index (χ1) is 9.15. The van der Waals surface area contributed by atoms with Crippen LogP contribution in [0.4, 0.5) is 0 Å². The van der Waals surface area contributed by atoms with Crippen LogP contribution in [0.25, 0.3) is 0 Å². The quantitative estimate of drug-likeness (QED) is 0.824. The lowest BCUT2D eigenvalue weighted by molar-refractivity contribution is 0.0693. The van der Waals surface area contributed by atoms with Crippen LogP contribution in [0.15, 0.2) is 23.0 Å². The summed E-state index contributed by atoms with van der Waals surface area (Å²) >= 11 is 0. The first kappa shape index (κ1) is 12.0. The lowest BCUT2D eigenvalue weighted by atomic mass is 10.1. The summed E-state index contributed by atoms with van der Waals surface area (Å²) in [7, 11) is 1.88. The van der Waals surface area contributed by atoms with E-state index in [0.29, 0.717) is 5.76 Å². The van der Waals surface area contributed by atoms with E-state index in [-0.39, 0.29) is 11.9 Å². The monoisotopic (exact) mass is 260 g/mol. The average molecular weight is 260 g/mol. The maximum absolute atomic E-state index is 12.4. The molecule has 0 spiro atoms. The Balaban J connectivity index is 1.85. The van der Waals surface area contributed by atoms with Gasteiger partial charge >= 0.3 is 0 Å². The molecule has 2 aromatic heterocycles. The van der Waals surface area contributed by atoms with E-state index in [0.717, 1.165) is 30.6 Å². The summed E-state index contributed by atoms with van der Waals surface area (Å²) in [5.74, 6) is 0.222. The zero-order chi connectivity index (χ0) is 13.4. The molecule has 100 valence electrons. The van der Waals surface area contributed by atoms with Gasteiger partial charge in [-0.15, -0.1) is 0 Å². The molecule has 6 nitrogen and oxygen atoms in total. The lowest BCUT2D eigenvalue weighted by Crippen LogP contribution is -2.30. The Labute approximate surface area is 111 Å². The molecule has 0 bridgehead atoms. The van der Waals surface area contributed by atoms with Crippen molar-refractivity contribution in [2.45, 2.75) is 25.8 Å². The van der Waals surface area contributed by atoms with Crippen LogP contribution in [0.1, 0.15) is 40.7 Å². The Morgan fingerprint density at radius 2 is 2.37 bits per heavy atom. The standard InChI is InChI=1S/C13H16N4O2/c1-9-6-12(19-15-9)13(18)17-5-3-4-11(17)10-7-14-16(2)8-10/h6-8,11H,3-5H2,1-2H3/t11-/m1/s1. The molecule has 0 aliphatic carbocycles. The third kappa shape index (κ3) is 2.14. The van der Waals surface area contributed by atoms with E-state index in [1.807, 2.05) is 31.3 Å². The number of aromatic nitrogens is 3. The first-order valence-electron chi connectivity index (χ1n) is 6.38. The average Bonchev–Trinajstić information content (AvgIpc) is 3.07. The molecule has 19 heavy (non-hydrogen) atoms. The highest BCUT2D eigenvalue weighted by molar-refractivity contribution is 5.92. The Kier molecular flexibility index (Phi) is 2.85. The van der Waals surface area contributed by atoms with Gasteiger partial charge in [-0.25, -0.2) is 0 Å². The maximum atomic E-state index is 12.4. The summed E-state index contributed by atoms with van der Waals surface area (Å²) in [4.78, 5) is 14.3. The Hall–Kier alpha value is -2.11. The summed E-state index contributed by atoms with van der Waals surface area (Å²) < 4.78 is 6.82. The van der Waals surface area contributed by atoms with Crippen molar-refractivity contribution in [1.82, 2.24) is 19.8 Å². The molecule has 0 unspecified atom stereocenters. The van der Waals surface area contributed by atoms with E-state index < -0.39 is 0 Å². The first-order valence-corrected chi connectivity index (χ1v) is 6.38. The van der Waals surface area contributed by atoms with Crippen LogP contribution in [-0.4, -0.2) is 32.3 Å². The molecule has 1 aliphatic rings. The second kappa shape index (κ2) is 4.53. The number of nitrogens with zero attached hydrogens (tertiary/aromatic N) is 4. The third-order valence-corrected chi connectivity index (χ3v) is 3.46. The van der Waals surface area contributed by atoms with Gasteiger partial charge in [0.25, 0.3) is 5.91 Å². The molecule has 0 aromatic carbocycles. The number of amides is 1. The molecule has 1 atom stereocenters. The van der Waals surface area contributed by atoms with Gasteiger partial charge in [0.05, 0.1) is 17.9 Å². The fourth-order valence-corrected chi connectivity index (χ4v) is 2.57. The largest absolute Gasteiger partial charge is 0.351 e. The Morgan fingerprint density at radius 3 is 3.00 bits per heavy atom. The van der Waals surface area contributed by atoms with Crippen molar-refractivity contribution in [3.63, 3.8) is 0 Å². The van der Waals surface area contributed by atoms with Crippen LogP contribution in [0.5, 0.6) is 0 Å². The Bertz CT molecular complexity index is 601. The van der Waals surface area contributed by atoms with Crippen molar-refractivity contribution in [2.75, 3.05) is 6.54 Å². The van der Waals surface area contributed by atoms with Crippen LogP contribution in [-0.2, 0) is 7.05 Å². The molecule has 3 heterocycles. The van der Waals surface area contributed by atoms with Gasteiger partial charge < -0.3 is 9.42 Å². The highest BCUT2D eigenvalue weighted by atomic mass is 16.5. The van der Waals surface area contributed by atoms with Gasteiger partial charge in [-0.05, 0) is 19.8 Å². The van der Waals surface area contributed by atoms with Gasteiger partial charge in [0.15, 0.2) is 0 Å². The molecule has 0 radical (unpaired) electrons. The zero-order valence-electron chi connectivity index (χ0n) is 11.0. The van der Waals surface area contributed by atoms with Crippen LogP contribution in [0.2, 0.25) is 0 Å². The highest BCUT2D eigenvalue weighted by Gasteiger charge is 2.33. The minimum atomic E-state index is -0.0908. The number of hydrogen-bond acceptors (Lipinski definition) is 4. The van der Waals surface area contributed by atoms with Crippen LogP contribution < -0.4 is 0 Å². The van der Waals surface area contributed by atoms with Gasteiger partial charge in [-0.2, -0.15) is 5.10 Å². The van der Waals surface area contributed by atoms with Gasteiger partial charge in [0.1, 0.15) is 0 Å². The fraction of sp³-hybridized carbons (Fsp3) is 0.462. The van der Waals surface area contributed by atoms with E-state index in [9.17, 15) is 4.79 Å². The summed E-state index contributed by atoms with van der Waals surface area (Å²) in [6.45, 7) is 2.56. The molecule has 1 aliphatic heterocycles. The van der Waals surface area contributed by atoms with E-state index >= 15 is 0 Å². The normalized spacial score (nSPS) is 19.1. The molecule has 0 saturated carbocycles. The number of rotatable bonds is 2. The third-order valence-electron chi connectivity index (χ3n) is 3.46. The van der Waals surface area contributed by atoms with Crippen molar-refractivity contribution >= 4 is 5.91 Å². The number of carbonyl (C=O) groups excluding carboxylic acids is 1. The van der Waals surface area contributed by atoms with Gasteiger partial charge in [-0.1, -0.05) is 5.16 Å². The van der Waals surface area contributed by atoms with Gasteiger partial charge in [-0.3, -0.25) is 9.48 Å². The van der Waals surface area contributed by atoms with Crippen molar-refractivity contribution in [1.29, 1.82) is 0 Å². The van der Waals surface area contributed by atoms with Crippen molar-refractivity contribution in [3.8, 4) is 0 Å². The predicted octanol–water partition coefficient (Wildman–Crippen LogP) is 1.69. The molecule has 6 heteroatoms. The Morgan fingerprint density at radius 1 is 1.53 bits per heavy atom. The smallest absolute Gasteiger partial charge is 0.292 e. The van der Waals surface area contributed by atoms with Crippen LogP contribution >= 0.6 is 0 Å². The summed E-state index contributed by atoms with van der Waals surface area (Å²) in [6.07, 6.45) is 5.74. The molecule has 2 aromatic rings. The second-order valence-electron chi connectivity index (χ2n) is 4.94. The molecule has 1 amide bonds. The van der Waals surface area contributed by atoms with E-state index in [1.165, 1.54) is 0 Å². The van der Waals surface area contributed by atoms with E-state index in [4.69, 9.17) is 4.52 Å². The van der Waals surface area contributed by atoms with E-state index in [1.54, 1.807) is 10.7 Å². The van der Waals surface area contributed by atoms with Gasteiger partial charge in [0, 0.05) is 31.4 Å². The highest BCUT2D eigenvalue weighted by Crippen LogP contribution is 2.32. The maximum Gasteiger partial charge on any atom is 0.292 e. The molecular formula is C13H16N4O2. The SMILES string of the molecule is Cc1cc(C(=O)N2CCC[C@@H]2c2cnn(C)c2)on1. The van der Waals surface area contributed by atoms with E-state index in [2.05, 4.69) is 10.3 Å². The van der Waals surface area contributed by atoms with Crippen molar-refractivity contribution in [3.05, 3.63) is 35.5 Å². The van der Waals surface area contributed by atoms with Crippen LogP contribution in [0.3, 0.4) is 0 Å². The number of carbonyl (C=O) groups is 1. The number of hydrogen-bond donors (Lipinski definition) is 0. The topological polar surface area (TPSA) is 64.2 Å². The zero-order valence-corrected chi connectivity index (χ0v) is 11.0. The van der Waals surface area contributed by atoms with Crippen molar-refractivity contribution in [2.24, 2.45) is 7.05 Å². The minimum Gasteiger partial charge on any atom is -0.351 e. The number of aryl methyl sites for hydroxylation is 2. The summed E-state index contributed by atoms with van der Waals surface area (Å²) in [6, 6.07) is 1.77. The van der Waals surface area contributed by atoms with Gasteiger partial charge in [0.2, 0.25) is 5.76 Å².